The van der Waals surface area contributed by atoms with Gasteiger partial charge in [-0.1, -0.05) is 52.3 Å². The monoisotopic (exact) mass is 316 g/mol. The largest absolute Gasteiger partial charge is 0.355 e. The minimum Gasteiger partial charge on any atom is -0.355 e. The fraction of sp³-hybridized carbons (Fsp3) is 0.579. The van der Waals surface area contributed by atoms with Crippen molar-refractivity contribution in [3.63, 3.8) is 0 Å². The van der Waals surface area contributed by atoms with Gasteiger partial charge in [0.15, 0.2) is 0 Å². The Morgan fingerprint density at radius 3 is 2.35 bits per heavy atom. The first-order valence-corrected chi connectivity index (χ1v) is 8.50. The maximum atomic E-state index is 12.7. The fourth-order valence-electron chi connectivity index (χ4n) is 2.72. The summed E-state index contributed by atoms with van der Waals surface area (Å²) in [6.07, 6.45) is 3.23. The SMILES string of the molecule is CCCCNC(=O)C1(C(=O)Nc2ccccc2C(C)(C)C)CC1. The molecule has 1 aromatic rings. The van der Waals surface area contributed by atoms with E-state index in [0.717, 1.165) is 24.1 Å². The van der Waals surface area contributed by atoms with Crippen LogP contribution < -0.4 is 10.6 Å². The lowest BCUT2D eigenvalue weighted by molar-refractivity contribution is -0.134. The maximum absolute atomic E-state index is 12.7. The highest BCUT2D eigenvalue weighted by atomic mass is 16.2. The number of hydrogen-bond acceptors (Lipinski definition) is 2. The normalized spacial score (nSPS) is 15.8. The van der Waals surface area contributed by atoms with Crippen LogP contribution in [0.15, 0.2) is 24.3 Å². The average Bonchev–Trinajstić information content (AvgIpc) is 3.28. The van der Waals surface area contributed by atoms with Crippen LogP contribution in [0.3, 0.4) is 0 Å². The molecular weight excluding hydrogens is 288 g/mol. The molecule has 1 aliphatic carbocycles. The van der Waals surface area contributed by atoms with E-state index in [1.807, 2.05) is 24.3 Å². The van der Waals surface area contributed by atoms with E-state index in [4.69, 9.17) is 0 Å². The molecule has 0 bridgehead atoms. The molecule has 0 saturated heterocycles. The molecule has 1 aliphatic rings. The molecule has 0 spiro atoms. The van der Waals surface area contributed by atoms with Gasteiger partial charge in [0.2, 0.25) is 11.8 Å². The Morgan fingerprint density at radius 2 is 1.78 bits per heavy atom. The van der Waals surface area contributed by atoms with Gasteiger partial charge in [0.05, 0.1) is 0 Å². The highest BCUT2D eigenvalue weighted by molar-refractivity contribution is 6.13. The molecule has 0 atom stereocenters. The van der Waals surface area contributed by atoms with Crippen molar-refractivity contribution in [2.24, 2.45) is 5.41 Å². The van der Waals surface area contributed by atoms with E-state index >= 15 is 0 Å². The second-order valence-electron chi connectivity index (χ2n) is 7.44. The molecule has 0 radical (unpaired) electrons. The molecule has 1 saturated carbocycles. The zero-order chi connectivity index (χ0) is 17.1. The summed E-state index contributed by atoms with van der Waals surface area (Å²) in [5.74, 6) is -0.306. The minimum atomic E-state index is -0.862. The van der Waals surface area contributed by atoms with E-state index in [1.165, 1.54) is 0 Å². The Kier molecular flexibility index (Phi) is 5.12. The molecule has 2 rings (SSSR count). The van der Waals surface area contributed by atoms with Crippen LogP contribution in [0, 0.1) is 5.41 Å². The van der Waals surface area contributed by atoms with Crippen molar-refractivity contribution >= 4 is 17.5 Å². The second kappa shape index (κ2) is 6.73. The van der Waals surface area contributed by atoms with E-state index in [9.17, 15) is 9.59 Å². The zero-order valence-electron chi connectivity index (χ0n) is 14.7. The summed E-state index contributed by atoms with van der Waals surface area (Å²) in [6.45, 7) is 9.06. The molecule has 0 unspecified atom stereocenters. The highest BCUT2D eigenvalue weighted by Crippen LogP contribution is 2.47. The molecule has 1 fully saturated rings. The molecule has 4 heteroatoms. The molecule has 126 valence electrons. The zero-order valence-corrected chi connectivity index (χ0v) is 14.7. The quantitative estimate of drug-likeness (QED) is 0.622. The number of anilines is 1. The summed E-state index contributed by atoms with van der Waals surface area (Å²) in [5, 5.41) is 5.89. The molecule has 0 heterocycles. The molecule has 0 aromatic heterocycles. The first kappa shape index (κ1) is 17.5. The van der Waals surface area contributed by atoms with E-state index in [1.54, 1.807) is 0 Å². The topological polar surface area (TPSA) is 58.2 Å². The Bertz CT molecular complexity index is 583. The van der Waals surface area contributed by atoms with Crippen LogP contribution in [0.1, 0.15) is 58.9 Å². The molecule has 23 heavy (non-hydrogen) atoms. The number of amides is 2. The number of benzene rings is 1. The third-order valence-electron chi connectivity index (χ3n) is 4.42. The van der Waals surface area contributed by atoms with E-state index in [2.05, 4.69) is 38.3 Å². The van der Waals surface area contributed by atoms with Crippen LogP contribution >= 0.6 is 0 Å². The van der Waals surface area contributed by atoms with Gasteiger partial charge in [0.1, 0.15) is 5.41 Å². The van der Waals surface area contributed by atoms with E-state index < -0.39 is 5.41 Å². The van der Waals surface area contributed by atoms with Crippen LogP contribution in [0.25, 0.3) is 0 Å². The summed E-state index contributed by atoms with van der Waals surface area (Å²) in [4.78, 5) is 25.0. The van der Waals surface area contributed by atoms with Crippen molar-refractivity contribution < 1.29 is 9.59 Å². The molecule has 2 amide bonds. The lowest BCUT2D eigenvalue weighted by atomic mass is 9.85. The Hall–Kier alpha value is -1.84. The van der Waals surface area contributed by atoms with Gasteiger partial charge in [0.25, 0.3) is 0 Å². The molecular formula is C19H28N2O2. The van der Waals surface area contributed by atoms with Gasteiger partial charge in [-0.05, 0) is 36.3 Å². The van der Waals surface area contributed by atoms with Gasteiger partial charge in [-0.2, -0.15) is 0 Å². The first-order chi connectivity index (χ1) is 10.8. The summed E-state index contributed by atoms with van der Waals surface area (Å²) >= 11 is 0. The van der Waals surface area contributed by atoms with Crippen LogP contribution in [-0.4, -0.2) is 18.4 Å². The molecule has 4 nitrogen and oxygen atoms in total. The van der Waals surface area contributed by atoms with E-state index in [0.29, 0.717) is 19.4 Å². The van der Waals surface area contributed by atoms with Gasteiger partial charge in [-0.3, -0.25) is 9.59 Å². The average molecular weight is 316 g/mol. The number of unbranched alkanes of at least 4 members (excludes halogenated alkanes) is 1. The van der Waals surface area contributed by atoms with Crippen molar-refractivity contribution in [3.8, 4) is 0 Å². The maximum Gasteiger partial charge on any atom is 0.240 e. The van der Waals surface area contributed by atoms with Gasteiger partial charge >= 0.3 is 0 Å². The number of nitrogens with one attached hydrogen (secondary N) is 2. The molecule has 1 aromatic carbocycles. The van der Waals surface area contributed by atoms with Crippen molar-refractivity contribution in [2.45, 2.75) is 58.8 Å². The minimum absolute atomic E-state index is 0.0655. The summed E-state index contributed by atoms with van der Waals surface area (Å²) < 4.78 is 0. The van der Waals surface area contributed by atoms with Crippen molar-refractivity contribution in [1.82, 2.24) is 5.32 Å². The standard InChI is InChI=1S/C19H28N2O2/c1-5-6-13-20-16(22)19(11-12-19)17(23)21-15-10-8-7-9-14(15)18(2,3)4/h7-10H,5-6,11-13H2,1-4H3,(H,20,22)(H,21,23). The van der Waals surface area contributed by atoms with Gasteiger partial charge in [-0.25, -0.2) is 0 Å². The van der Waals surface area contributed by atoms with Crippen molar-refractivity contribution in [2.75, 3.05) is 11.9 Å². The first-order valence-electron chi connectivity index (χ1n) is 8.50. The lowest BCUT2D eigenvalue weighted by Crippen LogP contribution is -2.40. The number of carbonyl (C=O) groups excluding carboxylic acids is 2. The van der Waals surface area contributed by atoms with Crippen LogP contribution in [0.2, 0.25) is 0 Å². The van der Waals surface area contributed by atoms with Crippen LogP contribution in [-0.2, 0) is 15.0 Å². The van der Waals surface area contributed by atoms with Gasteiger partial charge < -0.3 is 10.6 Å². The summed E-state index contributed by atoms with van der Waals surface area (Å²) in [5.41, 5.74) is 0.955. The van der Waals surface area contributed by atoms with Gasteiger partial charge in [0, 0.05) is 12.2 Å². The predicted octanol–water partition coefficient (Wildman–Crippen LogP) is 3.62. The van der Waals surface area contributed by atoms with Crippen molar-refractivity contribution in [1.29, 1.82) is 0 Å². The second-order valence-corrected chi connectivity index (χ2v) is 7.44. The third-order valence-corrected chi connectivity index (χ3v) is 4.42. The third kappa shape index (κ3) is 3.92. The van der Waals surface area contributed by atoms with Crippen molar-refractivity contribution in [3.05, 3.63) is 29.8 Å². The number of para-hydroxylation sites is 1. The smallest absolute Gasteiger partial charge is 0.240 e. The number of hydrogen-bond donors (Lipinski definition) is 2. The Morgan fingerprint density at radius 1 is 1.13 bits per heavy atom. The summed E-state index contributed by atoms with van der Waals surface area (Å²) in [7, 11) is 0. The van der Waals surface area contributed by atoms with Gasteiger partial charge in [-0.15, -0.1) is 0 Å². The summed E-state index contributed by atoms with van der Waals surface area (Å²) in [6, 6.07) is 7.81. The van der Waals surface area contributed by atoms with Crippen LogP contribution in [0.4, 0.5) is 5.69 Å². The number of carbonyl (C=O) groups is 2. The van der Waals surface area contributed by atoms with E-state index in [-0.39, 0.29) is 17.2 Å². The molecule has 2 N–H and O–H groups in total. The Labute approximate surface area is 139 Å². The Balaban J connectivity index is 2.09. The van der Waals surface area contributed by atoms with Crippen LogP contribution in [0.5, 0.6) is 0 Å². The predicted molar refractivity (Wildman–Crippen MR) is 93.4 cm³/mol. The molecule has 0 aliphatic heterocycles. The fourth-order valence-corrected chi connectivity index (χ4v) is 2.72. The number of rotatable bonds is 6. The lowest BCUT2D eigenvalue weighted by Gasteiger charge is -2.24. The highest BCUT2D eigenvalue weighted by Gasteiger charge is 2.56.